The molecule has 1 aromatic heterocycles. The Kier molecular flexibility index (Phi) is 4.64. The molecule has 1 amide bonds. The Bertz CT molecular complexity index is 1130. The van der Waals surface area contributed by atoms with Gasteiger partial charge in [-0.3, -0.25) is 4.79 Å². The summed E-state index contributed by atoms with van der Waals surface area (Å²) in [7, 11) is -3.94. The van der Waals surface area contributed by atoms with Crippen molar-refractivity contribution < 1.29 is 13.2 Å². The van der Waals surface area contributed by atoms with E-state index in [1.54, 1.807) is 30.3 Å². The van der Waals surface area contributed by atoms with Crippen molar-refractivity contribution in [3.8, 4) is 0 Å². The quantitative estimate of drug-likeness (QED) is 0.666. The van der Waals surface area contributed by atoms with Gasteiger partial charge in [0, 0.05) is 6.54 Å². The summed E-state index contributed by atoms with van der Waals surface area (Å²) in [6, 6.07) is 16.1. The number of para-hydroxylation sites is 2. The average molecular weight is 396 g/mol. The number of H-pyrrole nitrogens is 1. The standard InChI is InChI=1S/C20H20N4O3S/c1-2-3-13-24-19(25)17(18(28(24,26)27)14-9-5-4-6-10-14)23-20-21-15-11-7-8-12-16(15)22-20/h4-12H,2-3,13H2,1H3,(H2,21,22,23). The number of carbonyl (C=O) groups excluding carboxylic acids is 1. The van der Waals surface area contributed by atoms with E-state index >= 15 is 0 Å². The molecule has 2 N–H and O–H groups in total. The van der Waals surface area contributed by atoms with E-state index in [1.807, 2.05) is 31.2 Å². The third kappa shape index (κ3) is 3.05. The van der Waals surface area contributed by atoms with Gasteiger partial charge in [0.25, 0.3) is 15.9 Å². The van der Waals surface area contributed by atoms with Gasteiger partial charge in [0.15, 0.2) is 0 Å². The smallest absolute Gasteiger partial charge is 0.285 e. The number of hydrogen-bond acceptors (Lipinski definition) is 5. The summed E-state index contributed by atoms with van der Waals surface area (Å²) < 4.78 is 27.3. The summed E-state index contributed by atoms with van der Waals surface area (Å²) in [5.74, 6) is -0.238. The van der Waals surface area contributed by atoms with E-state index in [2.05, 4.69) is 15.3 Å². The fourth-order valence-electron chi connectivity index (χ4n) is 3.22. The number of rotatable bonds is 6. The molecule has 2 heterocycles. The Balaban J connectivity index is 1.82. The lowest BCUT2D eigenvalue weighted by Crippen LogP contribution is -2.33. The second-order valence-corrected chi connectivity index (χ2v) is 8.33. The molecule has 3 aromatic rings. The first-order valence-corrected chi connectivity index (χ1v) is 10.5. The summed E-state index contributed by atoms with van der Waals surface area (Å²) in [6.45, 7) is 2.10. The van der Waals surface area contributed by atoms with E-state index in [0.29, 0.717) is 17.9 Å². The molecule has 0 unspecified atom stereocenters. The first-order chi connectivity index (χ1) is 13.5. The average Bonchev–Trinajstić information content (AvgIpc) is 3.17. The van der Waals surface area contributed by atoms with Gasteiger partial charge in [0.2, 0.25) is 5.95 Å². The molecule has 1 aliphatic rings. The molecular formula is C20H20N4O3S. The van der Waals surface area contributed by atoms with Gasteiger partial charge < -0.3 is 10.3 Å². The summed E-state index contributed by atoms with van der Waals surface area (Å²) in [6.07, 6.45) is 1.39. The zero-order chi connectivity index (χ0) is 19.7. The summed E-state index contributed by atoms with van der Waals surface area (Å²) in [5.41, 5.74) is 2.00. The molecule has 0 aliphatic carbocycles. The highest BCUT2D eigenvalue weighted by Crippen LogP contribution is 2.36. The van der Waals surface area contributed by atoms with E-state index in [-0.39, 0.29) is 17.1 Å². The minimum Gasteiger partial charge on any atom is -0.324 e. The second-order valence-electron chi connectivity index (χ2n) is 6.53. The van der Waals surface area contributed by atoms with Crippen LogP contribution in [-0.2, 0) is 14.8 Å². The molecule has 1 aliphatic heterocycles. The number of aromatic nitrogens is 2. The van der Waals surface area contributed by atoms with E-state index in [4.69, 9.17) is 0 Å². The van der Waals surface area contributed by atoms with Crippen LogP contribution in [0.4, 0.5) is 5.95 Å². The Morgan fingerprint density at radius 2 is 1.79 bits per heavy atom. The summed E-state index contributed by atoms with van der Waals surface area (Å²) in [5, 5.41) is 2.93. The maximum atomic E-state index is 13.2. The molecule has 144 valence electrons. The number of nitrogens with one attached hydrogen (secondary N) is 2. The number of aromatic amines is 1. The van der Waals surface area contributed by atoms with Crippen molar-refractivity contribution in [1.82, 2.24) is 14.3 Å². The van der Waals surface area contributed by atoms with Gasteiger partial charge in [-0.1, -0.05) is 55.8 Å². The number of hydrogen-bond donors (Lipinski definition) is 2. The van der Waals surface area contributed by atoms with Crippen LogP contribution in [0.3, 0.4) is 0 Å². The van der Waals surface area contributed by atoms with Gasteiger partial charge in [-0.25, -0.2) is 17.7 Å². The number of nitrogens with zero attached hydrogens (tertiary/aromatic N) is 2. The minimum atomic E-state index is -3.94. The van der Waals surface area contributed by atoms with Crippen molar-refractivity contribution in [3.63, 3.8) is 0 Å². The van der Waals surface area contributed by atoms with Crippen LogP contribution in [0.2, 0.25) is 0 Å². The van der Waals surface area contributed by atoms with Gasteiger partial charge in [-0.2, -0.15) is 0 Å². The highest BCUT2D eigenvalue weighted by molar-refractivity contribution is 7.99. The molecule has 0 spiro atoms. The number of unbranched alkanes of at least 4 members (excludes halogenated alkanes) is 1. The molecule has 8 heteroatoms. The number of anilines is 1. The second kappa shape index (κ2) is 7.12. The van der Waals surface area contributed by atoms with E-state index in [1.165, 1.54) is 0 Å². The summed E-state index contributed by atoms with van der Waals surface area (Å²) in [4.78, 5) is 20.5. The molecule has 7 nitrogen and oxygen atoms in total. The van der Waals surface area contributed by atoms with Crippen molar-refractivity contribution in [2.24, 2.45) is 0 Å². The van der Waals surface area contributed by atoms with Gasteiger partial charge >= 0.3 is 0 Å². The van der Waals surface area contributed by atoms with Crippen molar-refractivity contribution in [3.05, 3.63) is 65.9 Å². The zero-order valence-corrected chi connectivity index (χ0v) is 16.2. The lowest BCUT2D eigenvalue weighted by atomic mass is 10.2. The molecule has 0 saturated carbocycles. The van der Waals surface area contributed by atoms with Crippen LogP contribution in [0.25, 0.3) is 15.9 Å². The van der Waals surface area contributed by atoms with E-state index in [9.17, 15) is 13.2 Å². The molecule has 0 bridgehead atoms. The number of fused-ring (bicyclic) bond motifs is 1. The molecule has 0 saturated heterocycles. The third-order valence-corrected chi connectivity index (χ3v) is 6.48. The number of amides is 1. The zero-order valence-electron chi connectivity index (χ0n) is 15.3. The highest BCUT2D eigenvalue weighted by Gasteiger charge is 2.44. The van der Waals surface area contributed by atoms with Crippen molar-refractivity contribution in [1.29, 1.82) is 0 Å². The molecular weight excluding hydrogens is 376 g/mol. The third-order valence-electron chi connectivity index (χ3n) is 4.60. The molecule has 2 aromatic carbocycles. The number of carbonyl (C=O) groups is 1. The normalized spacial score (nSPS) is 16.2. The van der Waals surface area contributed by atoms with Crippen LogP contribution in [0.5, 0.6) is 0 Å². The maximum Gasteiger partial charge on any atom is 0.285 e. The van der Waals surface area contributed by atoms with Gasteiger partial charge in [0.05, 0.1) is 11.0 Å². The number of imidazole rings is 1. The minimum absolute atomic E-state index is 0.0151. The van der Waals surface area contributed by atoms with Crippen molar-refractivity contribution >= 4 is 37.8 Å². The number of benzene rings is 2. The van der Waals surface area contributed by atoms with Crippen LogP contribution in [0.15, 0.2) is 60.3 Å². The topological polar surface area (TPSA) is 95.2 Å². The molecule has 4 rings (SSSR count). The molecule has 0 atom stereocenters. The first kappa shape index (κ1) is 18.2. The Morgan fingerprint density at radius 1 is 1.07 bits per heavy atom. The Morgan fingerprint density at radius 3 is 2.50 bits per heavy atom. The first-order valence-electron chi connectivity index (χ1n) is 9.11. The predicted molar refractivity (Wildman–Crippen MR) is 109 cm³/mol. The summed E-state index contributed by atoms with van der Waals surface area (Å²) >= 11 is 0. The van der Waals surface area contributed by atoms with Crippen LogP contribution in [0, 0.1) is 0 Å². The van der Waals surface area contributed by atoms with Crippen molar-refractivity contribution in [2.75, 3.05) is 11.9 Å². The maximum absolute atomic E-state index is 13.2. The highest BCUT2D eigenvalue weighted by atomic mass is 32.2. The molecule has 0 radical (unpaired) electrons. The van der Waals surface area contributed by atoms with E-state index in [0.717, 1.165) is 21.8 Å². The van der Waals surface area contributed by atoms with Gasteiger partial charge in [-0.15, -0.1) is 0 Å². The van der Waals surface area contributed by atoms with Gasteiger partial charge in [-0.05, 0) is 24.1 Å². The lowest BCUT2D eigenvalue weighted by molar-refractivity contribution is -0.122. The Labute approximate surface area is 163 Å². The molecule has 28 heavy (non-hydrogen) atoms. The van der Waals surface area contributed by atoms with Crippen LogP contribution in [-0.4, -0.2) is 35.1 Å². The monoisotopic (exact) mass is 396 g/mol. The van der Waals surface area contributed by atoms with Crippen LogP contribution in [0.1, 0.15) is 25.3 Å². The van der Waals surface area contributed by atoms with Crippen LogP contribution >= 0.6 is 0 Å². The van der Waals surface area contributed by atoms with Crippen LogP contribution < -0.4 is 5.32 Å². The fourth-order valence-corrected chi connectivity index (χ4v) is 4.95. The lowest BCUT2D eigenvalue weighted by Gasteiger charge is -2.15. The largest absolute Gasteiger partial charge is 0.324 e. The predicted octanol–water partition coefficient (Wildman–Crippen LogP) is 3.32. The fraction of sp³-hybridized carbons (Fsp3) is 0.200. The van der Waals surface area contributed by atoms with Gasteiger partial charge in [0.1, 0.15) is 10.6 Å². The number of sulfonamides is 1. The molecule has 0 fully saturated rings. The van der Waals surface area contributed by atoms with E-state index < -0.39 is 15.9 Å². The SMILES string of the molecule is CCCCN1C(=O)C(Nc2nc3ccccc3[nH]2)=C(c2ccccc2)S1(=O)=O. The van der Waals surface area contributed by atoms with Crippen molar-refractivity contribution in [2.45, 2.75) is 19.8 Å². The Hall–Kier alpha value is -3.13.